The van der Waals surface area contributed by atoms with Crippen molar-refractivity contribution in [1.29, 1.82) is 0 Å². The average molecular weight is 236 g/mol. The lowest BCUT2D eigenvalue weighted by atomic mass is 9.88. The minimum absolute atomic E-state index is 0.0272. The van der Waals surface area contributed by atoms with E-state index in [4.69, 9.17) is 5.73 Å². The Morgan fingerprint density at radius 1 is 1.53 bits per heavy atom. The Balaban J connectivity index is 2.25. The van der Waals surface area contributed by atoms with Crippen molar-refractivity contribution >= 4 is 5.82 Å². The largest absolute Gasteiger partial charge is 0.348 e. The normalized spacial score (nSPS) is 18.3. The highest BCUT2D eigenvalue weighted by Gasteiger charge is 2.39. The van der Waals surface area contributed by atoms with Gasteiger partial charge in [0.25, 0.3) is 5.56 Å². The molecule has 0 aromatic carbocycles. The summed E-state index contributed by atoms with van der Waals surface area (Å²) < 4.78 is 1.70. The summed E-state index contributed by atoms with van der Waals surface area (Å²) in [6.07, 6.45) is 4.33. The van der Waals surface area contributed by atoms with Crippen LogP contribution >= 0.6 is 0 Å². The van der Waals surface area contributed by atoms with Gasteiger partial charge in [-0.2, -0.15) is 0 Å². The summed E-state index contributed by atoms with van der Waals surface area (Å²) in [7, 11) is 0. The van der Waals surface area contributed by atoms with E-state index in [-0.39, 0.29) is 17.1 Å². The van der Waals surface area contributed by atoms with E-state index >= 15 is 0 Å². The van der Waals surface area contributed by atoms with Crippen molar-refractivity contribution in [1.82, 2.24) is 9.55 Å². The molecule has 2 N–H and O–H groups in total. The van der Waals surface area contributed by atoms with Crippen LogP contribution < -0.4 is 16.2 Å². The van der Waals surface area contributed by atoms with E-state index in [0.717, 1.165) is 6.42 Å². The van der Waals surface area contributed by atoms with Crippen LogP contribution in [-0.4, -0.2) is 28.2 Å². The minimum atomic E-state index is -0.146. The molecule has 1 aliphatic rings. The minimum Gasteiger partial charge on any atom is -0.348 e. The van der Waals surface area contributed by atoms with E-state index < -0.39 is 0 Å². The number of hydrogen-bond acceptors (Lipinski definition) is 4. The number of aromatic nitrogens is 2. The number of nitrogens with two attached hydrogens (primary N) is 1. The Kier molecular flexibility index (Phi) is 2.95. The summed E-state index contributed by atoms with van der Waals surface area (Å²) in [6, 6.07) is 0.152. The molecule has 0 atom stereocenters. The number of nitrogens with zero attached hydrogens (tertiary/aromatic N) is 3. The van der Waals surface area contributed by atoms with Crippen LogP contribution in [0, 0.1) is 0 Å². The zero-order valence-corrected chi connectivity index (χ0v) is 10.7. The van der Waals surface area contributed by atoms with Gasteiger partial charge in [-0.25, -0.2) is 4.98 Å². The predicted octanol–water partition coefficient (Wildman–Crippen LogP) is 0.752. The lowest BCUT2D eigenvalue weighted by Gasteiger charge is -2.47. The Labute approximate surface area is 101 Å². The van der Waals surface area contributed by atoms with Crippen LogP contribution in [0.5, 0.6) is 0 Å². The van der Waals surface area contributed by atoms with Gasteiger partial charge < -0.3 is 15.2 Å². The molecular formula is C12H20N4O. The number of rotatable bonds is 3. The maximum absolute atomic E-state index is 12.2. The van der Waals surface area contributed by atoms with Crippen molar-refractivity contribution in [2.24, 2.45) is 5.73 Å². The van der Waals surface area contributed by atoms with Gasteiger partial charge in [-0.3, -0.25) is 4.79 Å². The molecule has 17 heavy (non-hydrogen) atoms. The van der Waals surface area contributed by atoms with Crippen molar-refractivity contribution in [3.63, 3.8) is 0 Å². The summed E-state index contributed by atoms with van der Waals surface area (Å²) in [5.41, 5.74) is 5.93. The Hall–Kier alpha value is -1.36. The second kappa shape index (κ2) is 4.14. The summed E-state index contributed by atoms with van der Waals surface area (Å²) in [5.74, 6) is 0.524. The first-order valence-electron chi connectivity index (χ1n) is 6.08. The lowest BCUT2D eigenvalue weighted by molar-refractivity contribution is 0.318. The molecule has 1 aromatic heterocycles. The summed E-state index contributed by atoms with van der Waals surface area (Å²) in [6.45, 7) is 7.48. The molecule has 0 spiro atoms. The molecule has 2 rings (SSSR count). The van der Waals surface area contributed by atoms with Crippen LogP contribution in [0.3, 0.4) is 0 Å². The molecule has 1 aromatic rings. The van der Waals surface area contributed by atoms with E-state index in [1.165, 1.54) is 0 Å². The SMILES string of the molecule is CCC1(N)CN(c2nccn(C(C)C)c2=O)C1. The van der Waals surface area contributed by atoms with Gasteiger partial charge in [0, 0.05) is 31.5 Å². The smallest absolute Gasteiger partial charge is 0.293 e. The van der Waals surface area contributed by atoms with Crippen molar-refractivity contribution in [3.05, 3.63) is 22.7 Å². The first kappa shape index (κ1) is 12.1. The fraction of sp³-hybridized carbons (Fsp3) is 0.667. The molecule has 0 radical (unpaired) electrons. The molecule has 0 aliphatic carbocycles. The monoisotopic (exact) mass is 236 g/mol. The topological polar surface area (TPSA) is 64.2 Å². The molecule has 0 saturated carbocycles. The highest BCUT2D eigenvalue weighted by atomic mass is 16.1. The van der Waals surface area contributed by atoms with Crippen molar-refractivity contribution in [2.75, 3.05) is 18.0 Å². The second-order valence-electron chi connectivity index (χ2n) is 5.13. The van der Waals surface area contributed by atoms with Gasteiger partial charge in [-0.1, -0.05) is 6.92 Å². The molecule has 0 bridgehead atoms. The molecule has 1 saturated heterocycles. The fourth-order valence-corrected chi connectivity index (χ4v) is 2.12. The standard InChI is InChI=1S/C12H20N4O/c1-4-12(13)7-15(8-12)10-11(17)16(9(2)3)6-5-14-10/h5-6,9H,4,7-8,13H2,1-3H3. The van der Waals surface area contributed by atoms with E-state index in [1.807, 2.05) is 18.7 Å². The van der Waals surface area contributed by atoms with Crippen molar-refractivity contribution in [2.45, 2.75) is 38.8 Å². The summed E-state index contributed by atoms with van der Waals surface area (Å²) >= 11 is 0. The highest BCUT2D eigenvalue weighted by Crippen LogP contribution is 2.24. The van der Waals surface area contributed by atoms with E-state index in [1.54, 1.807) is 17.0 Å². The van der Waals surface area contributed by atoms with Gasteiger partial charge >= 0.3 is 0 Å². The third-order valence-electron chi connectivity index (χ3n) is 3.42. The zero-order chi connectivity index (χ0) is 12.6. The van der Waals surface area contributed by atoms with Gasteiger partial charge in [0.2, 0.25) is 0 Å². The molecule has 0 unspecified atom stereocenters. The van der Waals surface area contributed by atoms with Crippen molar-refractivity contribution in [3.8, 4) is 0 Å². The molecule has 5 nitrogen and oxygen atoms in total. The summed E-state index contributed by atoms with van der Waals surface area (Å²) in [5, 5.41) is 0. The molecule has 0 amide bonds. The average Bonchev–Trinajstić information content (AvgIpc) is 2.25. The molecule has 5 heteroatoms. The van der Waals surface area contributed by atoms with Gasteiger partial charge in [-0.05, 0) is 20.3 Å². The third-order valence-corrected chi connectivity index (χ3v) is 3.42. The fourth-order valence-electron chi connectivity index (χ4n) is 2.12. The van der Waals surface area contributed by atoms with Crippen LogP contribution in [0.25, 0.3) is 0 Å². The van der Waals surface area contributed by atoms with E-state index in [9.17, 15) is 4.79 Å². The molecule has 94 valence electrons. The molecule has 1 aliphatic heterocycles. The first-order valence-corrected chi connectivity index (χ1v) is 6.08. The van der Waals surface area contributed by atoms with E-state index in [0.29, 0.717) is 18.9 Å². The second-order valence-corrected chi connectivity index (χ2v) is 5.13. The van der Waals surface area contributed by atoms with Crippen LogP contribution in [0.15, 0.2) is 17.2 Å². The van der Waals surface area contributed by atoms with Gasteiger partial charge in [-0.15, -0.1) is 0 Å². The highest BCUT2D eigenvalue weighted by molar-refractivity contribution is 5.42. The van der Waals surface area contributed by atoms with Crippen LogP contribution in [0.2, 0.25) is 0 Å². The first-order chi connectivity index (χ1) is 7.97. The quantitative estimate of drug-likeness (QED) is 0.841. The molecule has 2 heterocycles. The van der Waals surface area contributed by atoms with E-state index in [2.05, 4.69) is 11.9 Å². The van der Waals surface area contributed by atoms with Crippen LogP contribution in [-0.2, 0) is 0 Å². The maximum atomic E-state index is 12.2. The van der Waals surface area contributed by atoms with Gasteiger partial charge in [0.15, 0.2) is 5.82 Å². The summed E-state index contributed by atoms with van der Waals surface area (Å²) in [4.78, 5) is 18.3. The van der Waals surface area contributed by atoms with Crippen LogP contribution in [0.1, 0.15) is 33.2 Å². The van der Waals surface area contributed by atoms with Crippen LogP contribution in [0.4, 0.5) is 5.82 Å². The maximum Gasteiger partial charge on any atom is 0.293 e. The number of anilines is 1. The Morgan fingerprint density at radius 3 is 2.71 bits per heavy atom. The molecule has 1 fully saturated rings. The Bertz CT molecular complexity index is 460. The number of hydrogen-bond donors (Lipinski definition) is 1. The Morgan fingerprint density at radius 2 is 2.18 bits per heavy atom. The predicted molar refractivity (Wildman–Crippen MR) is 68.3 cm³/mol. The lowest BCUT2D eigenvalue weighted by Crippen LogP contribution is -2.68. The third kappa shape index (κ3) is 2.07. The van der Waals surface area contributed by atoms with Gasteiger partial charge in [0.05, 0.1) is 5.54 Å². The zero-order valence-electron chi connectivity index (χ0n) is 10.7. The van der Waals surface area contributed by atoms with Gasteiger partial charge in [0.1, 0.15) is 0 Å². The van der Waals surface area contributed by atoms with Crippen molar-refractivity contribution < 1.29 is 0 Å². The molecular weight excluding hydrogens is 216 g/mol.